The molecule has 2 aliphatic rings. The van der Waals surface area contributed by atoms with E-state index in [1.807, 2.05) is 0 Å². The minimum absolute atomic E-state index is 0.317. The molecule has 2 saturated heterocycles. The maximum Gasteiger partial charge on any atom is 0.0813 e. The largest absolute Gasteiger partial charge is 0.379 e. The predicted octanol–water partition coefficient (Wildman–Crippen LogP) is 2.28. The first-order chi connectivity index (χ1) is 10.1. The molecule has 4 heteroatoms. The standard InChI is InChI=1S/C17H34N2O2/c1-14(2)11-18-12-16-6-7-17(21-16)13-20-10-8-15-5-4-9-19(15)3/h14-18H,4-13H2,1-3H3. The van der Waals surface area contributed by atoms with Crippen LogP contribution in [0.25, 0.3) is 0 Å². The molecule has 1 N–H and O–H groups in total. The fraction of sp³-hybridized carbons (Fsp3) is 1.00. The normalized spacial score (nSPS) is 30.6. The van der Waals surface area contributed by atoms with Crippen LogP contribution in [0.2, 0.25) is 0 Å². The predicted molar refractivity (Wildman–Crippen MR) is 86.7 cm³/mol. The van der Waals surface area contributed by atoms with Gasteiger partial charge in [-0.05, 0) is 58.2 Å². The minimum atomic E-state index is 0.317. The van der Waals surface area contributed by atoms with Gasteiger partial charge in [-0.3, -0.25) is 0 Å². The molecule has 124 valence electrons. The van der Waals surface area contributed by atoms with Crippen molar-refractivity contribution < 1.29 is 9.47 Å². The molecule has 2 fully saturated rings. The fourth-order valence-electron chi connectivity index (χ4n) is 3.36. The second-order valence-corrected chi connectivity index (χ2v) is 7.15. The maximum absolute atomic E-state index is 6.04. The number of likely N-dealkylation sites (tertiary alicyclic amines) is 1. The first kappa shape index (κ1) is 17.2. The maximum atomic E-state index is 6.04. The van der Waals surface area contributed by atoms with Crippen molar-refractivity contribution in [3.8, 4) is 0 Å². The summed E-state index contributed by atoms with van der Waals surface area (Å²) in [4.78, 5) is 2.46. The summed E-state index contributed by atoms with van der Waals surface area (Å²) in [7, 11) is 2.23. The molecule has 0 radical (unpaired) electrons. The van der Waals surface area contributed by atoms with Crippen LogP contribution in [0.3, 0.4) is 0 Å². The molecule has 0 saturated carbocycles. The smallest absolute Gasteiger partial charge is 0.0813 e. The SMILES string of the molecule is CC(C)CNCC1CCC(COCCC2CCCN2C)O1. The van der Waals surface area contributed by atoms with Crippen molar-refractivity contribution in [1.29, 1.82) is 0 Å². The van der Waals surface area contributed by atoms with Gasteiger partial charge in [-0.15, -0.1) is 0 Å². The molecule has 0 aromatic heterocycles. The zero-order chi connectivity index (χ0) is 15.1. The first-order valence-electron chi connectivity index (χ1n) is 8.79. The van der Waals surface area contributed by atoms with Crippen LogP contribution in [0.15, 0.2) is 0 Å². The number of hydrogen-bond acceptors (Lipinski definition) is 4. The van der Waals surface area contributed by atoms with Crippen molar-refractivity contribution in [2.24, 2.45) is 5.92 Å². The summed E-state index contributed by atoms with van der Waals surface area (Å²) in [5.74, 6) is 0.708. The van der Waals surface area contributed by atoms with Gasteiger partial charge < -0.3 is 19.7 Å². The Bertz CT molecular complexity index is 286. The molecule has 0 aromatic carbocycles. The molecule has 21 heavy (non-hydrogen) atoms. The van der Waals surface area contributed by atoms with Crippen LogP contribution in [0, 0.1) is 5.92 Å². The van der Waals surface area contributed by atoms with Crippen molar-refractivity contribution in [2.75, 3.05) is 39.9 Å². The monoisotopic (exact) mass is 298 g/mol. The highest BCUT2D eigenvalue weighted by Crippen LogP contribution is 2.20. The van der Waals surface area contributed by atoms with E-state index in [-0.39, 0.29) is 0 Å². The van der Waals surface area contributed by atoms with E-state index < -0.39 is 0 Å². The lowest BCUT2D eigenvalue weighted by Crippen LogP contribution is -2.30. The molecule has 0 aliphatic carbocycles. The van der Waals surface area contributed by atoms with Crippen molar-refractivity contribution >= 4 is 0 Å². The molecule has 0 amide bonds. The van der Waals surface area contributed by atoms with Crippen molar-refractivity contribution in [3.05, 3.63) is 0 Å². The van der Waals surface area contributed by atoms with Crippen molar-refractivity contribution in [1.82, 2.24) is 10.2 Å². The van der Waals surface area contributed by atoms with E-state index in [0.29, 0.717) is 18.1 Å². The highest BCUT2D eigenvalue weighted by atomic mass is 16.5. The van der Waals surface area contributed by atoms with Crippen LogP contribution in [0.5, 0.6) is 0 Å². The molecule has 0 spiro atoms. The average Bonchev–Trinajstić information content (AvgIpc) is 3.04. The minimum Gasteiger partial charge on any atom is -0.379 e. The van der Waals surface area contributed by atoms with Gasteiger partial charge in [0.1, 0.15) is 0 Å². The second-order valence-electron chi connectivity index (χ2n) is 7.15. The number of nitrogens with zero attached hydrogens (tertiary/aromatic N) is 1. The Balaban J connectivity index is 1.48. The van der Waals surface area contributed by atoms with Gasteiger partial charge in [-0.2, -0.15) is 0 Å². The molecule has 2 aliphatic heterocycles. The molecular formula is C17H34N2O2. The van der Waals surface area contributed by atoms with Gasteiger partial charge in [0, 0.05) is 19.2 Å². The van der Waals surface area contributed by atoms with Crippen LogP contribution < -0.4 is 5.32 Å². The highest BCUT2D eigenvalue weighted by Gasteiger charge is 2.25. The van der Waals surface area contributed by atoms with E-state index >= 15 is 0 Å². The van der Waals surface area contributed by atoms with Gasteiger partial charge in [0.15, 0.2) is 0 Å². The third-order valence-corrected chi connectivity index (χ3v) is 4.69. The number of hydrogen-bond donors (Lipinski definition) is 1. The molecular weight excluding hydrogens is 264 g/mol. The average molecular weight is 298 g/mol. The third kappa shape index (κ3) is 6.23. The lowest BCUT2D eigenvalue weighted by atomic mass is 10.1. The Labute approximate surface area is 130 Å². The summed E-state index contributed by atoms with van der Waals surface area (Å²) in [6.45, 7) is 9.45. The van der Waals surface area contributed by atoms with E-state index in [1.54, 1.807) is 0 Å². The summed E-state index contributed by atoms with van der Waals surface area (Å²) in [5, 5.41) is 3.49. The molecule has 4 nitrogen and oxygen atoms in total. The molecule has 3 atom stereocenters. The number of rotatable bonds is 9. The lowest BCUT2D eigenvalue weighted by molar-refractivity contribution is -0.0171. The fourth-order valence-corrected chi connectivity index (χ4v) is 3.36. The van der Waals surface area contributed by atoms with Gasteiger partial charge in [0.25, 0.3) is 0 Å². The molecule has 2 rings (SSSR count). The zero-order valence-electron chi connectivity index (χ0n) is 14.1. The quantitative estimate of drug-likeness (QED) is 0.662. The van der Waals surface area contributed by atoms with Crippen LogP contribution in [-0.2, 0) is 9.47 Å². The van der Waals surface area contributed by atoms with Gasteiger partial charge in [0.05, 0.1) is 18.8 Å². The van der Waals surface area contributed by atoms with Gasteiger partial charge in [-0.1, -0.05) is 13.8 Å². The van der Waals surface area contributed by atoms with Crippen LogP contribution in [0.1, 0.15) is 46.0 Å². The number of nitrogens with one attached hydrogen (secondary N) is 1. The second kappa shape index (κ2) is 9.09. The van der Waals surface area contributed by atoms with Crippen LogP contribution in [-0.4, -0.2) is 63.0 Å². The summed E-state index contributed by atoms with van der Waals surface area (Å²) in [6, 6.07) is 0.738. The molecule has 2 heterocycles. The van der Waals surface area contributed by atoms with Gasteiger partial charge in [0.2, 0.25) is 0 Å². The summed E-state index contributed by atoms with van der Waals surface area (Å²) in [5.41, 5.74) is 0. The van der Waals surface area contributed by atoms with Crippen LogP contribution >= 0.6 is 0 Å². The van der Waals surface area contributed by atoms with E-state index in [0.717, 1.165) is 38.8 Å². The van der Waals surface area contributed by atoms with E-state index in [9.17, 15) is 0 Å². The van der Waals surface area contributed by atoms with E-state index in [1.165, 1.54) is 32.2 Å². The van der Waals surface area contributed by atoms with Crippen LogP contribution in [0.4, 0.5) is 0 Å². The topological polar surface area (TPSA) is 33.7 Å². The Morgan fingerprint density at radius 1 is 1.24 bits per heavy atom. The number of ether oxygens (including phenoxy) is 2. The summed E-state index contributed by atoms with van der Waals surface area (Å²) < 4.78 is 11.9. The Morgan fingerprint density at radius 3 is 2.76 bits per heavy atom. The lowest BCUT2D eigenvalue weighted by Gasteiger charge is -2.20. The molecule has 3 unspecified atom stereocenters. The van der Waals surface area contributed by atoms with E-state index in [2.05, 4.69) is 31.1 Å². The zero-order valence-corrected chi connectivity index (χ0v) is 14.1. The molecule has 0 bridgehead atoms. The Kier molecular flexibility index (Phi) is 7.44. The van der Waals surface area contributed by atoms with Crippen molar-refractivity contribution in [3.63, 3.8) is 0 Å². The summed E-state index contributed by atoms with van der Waals surface area (Å²) in [6.07, 6.45) is 6.88. The third-order valence-electron chi connectivity index (χ3n) is 4.69. The Morgan fingerprint density at radius 2 is 2.05 bits per heavy atom. The van der Waals surface area contributed by atoms with Gasteiger partial charge >= 0.3 is 0 Å². The first-order valence-corrected chi connectivity index (χ1v) is 8.79. The summed E-state index contributed by atoms with van der Waals surface area (Å²) >= 11 is 0. The van der Waals surface area contributed by atoms with Crippen molar-refractivity contribution in [2.45, 2.75) is 64.2 Å². The van der Waals surface area contributed by atoms with Gasteiger partial charge in [-0.25, -0.2) is 0 Å². The molecule has 0 aromatic rings. The Hall–Kier alpha value is -0.160. The van der Waals surface area contributed by atoms with E-state index in [4.69, 9.17) is 9.47 Å². The highest BCUT2D eigenvalue weighted by molar-refractivity contribution is 4.77.